The van der Waals surface area contributed by atoms with E-state index >= 15 is 0 Å². The zero-order chi connectivity index (χ0) is 14.7. The Kier molecular flexibility index (Phi) is 4.43. The van der Waals surface area contributed by atoms with Crippen molar-refractivity contribution in [1.82, 2.24) is 20.0 Å². The second kappa shape index (κ2) is 6.47. The molecule has 2 aliphatic rings. The topological polar surface area (TPSA) is 54.7 Å². The van der Waals surface area contributed by atoms with E-state index in [-0.39, 0.29) is 6.10 Å². The number of nitrogens with one attached hydrogen (secondary N) is 1. The van der Waals surface area contributed by atoms with Crippen molar-refractivity contribution in [2.24, 2.45) is 10.9 Å². The fourth-order valence-electron chi connectivity index (χ4n) is 3.15. The molecule has 1 fully saturated rings. The predicted octanol–water partition coefficient (Wildman–Crippen LogP) is 1.26. The van der Waals surface area contributed by atoms with E-state index in [1.807, 2.05) is 10.9 Å². The van der Waals surface area contributed by atoms with E-state index in [0.29, 0.717) is 5.92 Å². The quantitative estimate of drug-likeness (QED) is 0.907. The predicted molar refractivity (Wildman–Crippen MR) is 82.3 cm³/mol. The first-order valence-electron chi connectivity index (χ1n) is 7.92. The van der Waals surface area contributed by atoms with Gasteiger partial charge in [-0.05, 0) is 25.8 Å². The monoisotopic (exact) mass is 291 g/mol. The lowest BCUT2D eigenvalue weighted by Crippen LogP contribution is -2.44. The zero-order valence-corrected chi connectivity index (χ0v) is 13.0. The highest BCUT2D eigenvalue weighted by Gasteiger charge is 2.32. The van der Waals surface area contributed by atoms with Crippen LogP contribution in [0.15, 0.2) is 17.3 Å². The molecule has 2 aliphatic heterocycles. The number of hydrogen-bond acceptors (Lipinski definition) is 5. The summed E-state index contributed by atoms with van der Waals surface area (Å²) in [6.07, 6.45) is 4.24. The van der Waals surface area contributed by atoms with E-state index in [1.54, 1.807) is 0 Å². The fraction of sp³-hybridized carbons (Fsp3) is 0.733. The molecule has 1 aromatic heterocycles. The lowest BCUT2D eigenvalue weighted by Gasteiger charge is -2.27. The molecule has 6 heteroatoms. The lowest BCUT2D eigenvalue weighted by molar-refractivity contribution is 0.0839. The van der Waals surface area contributed by atoms with Crippen LogP contribution in [0.2, 0.25) is 0 Å². The van der Waals surface area contributed by atoms with Crippen molar-refractivity contribution in [3.05, 3.63) is 18.0 Å². The second-order valence-corrected chi connectivity index (χ2v) is 5.77. The Hall–Kier alpha value is -1.56. The smallest absolute Gasteiger partial charge is 0.193 e. The van der Waals surface area contributed by atoms with Crippen LogP contribution < -0.4 is 5.32 Å². The van der Waals surface area contributed by atoms with Gasteiger partial charge < -0.3 is 15.0 Å². The Balaban J connectivity index is 1.63. The van der Waals surface area contributed by atoms with Gasteiger partial charge in [0.1, 0.15) is 6.10 Å². The minimum atomic E-state index is 0.148. The largest absolute Gasteiger partial charge is 0.372 e. The molecule has 1 saturated heterocycles. The van der Waals surface area contributed by atoms with Gasteiger partial charge in [-0.15, -0.1) is 0 Å². The van der Waals surface area contributed by atoms with E-state index in [4.69, 9.17) is 4.74 Å². The van der Waals surface area contributed by atoms with Crippen LogP contribution >= 0.6 is 0 Å². The van der Waals surface area contributed by atoms with Gasteiger partial charge in [-0.25, -0.2) is 0 Å². The molecule has 0 saturated carbocycles. The molecule has 0 bridgehead atoms. The van der Waals surface area contributed by atoms with E-state index in [2.05, 4.69) is 40.3 Å². The number of aryl methyl sites for hydroxylation is 1. The SMILES string of the molecule is CCn1nccc1[C@@H]1OCC[C@H]1CNC1=NCCCN1C. The number of aromatic nitrogens is 2. The summed E-state index contributed by atoms with van der Waals surface area (Å²) >= 11 is 0. The van der Waals surface area contributed by atoms with Gasteiger partial charge in [0.15, 0.2) is 5.96 Å². The van der Waals surface area contributed by atoms with Crippen molar-refractivity contribution in [1.29, 1.82) is 0 Å². The van der Waals surface area contributed by atoms with Gasteiger partial charge in [0.2, 0.25) is 0 Å². The highest BCUT2D eigenvalue weighted by molar-refractivity contribution is 5.80. The third-order valence-electron chi connectivity index (χ3n) is 4.35. The maximum absolute atomic E-state index is 5.96. The normalized spacial score (nSPS) is 26.0. The minimum absolute atomic E-state index is 0.148. The molecule has 2 atom stereocenters. The molecular weight excluding hydrogens is 266 g/mol. The number of ether oxygens (including phenoxy) is 1. The summed E-state index contributed by atoms with van der Waals surface area (Å²) in [7, 11) is 2.10. The average Bonchev–Trinajstić information content (AvgIpc) is 3.14. The average molecular weight is 291 g/mol. The van der Waals surface area contributed by atoms with E-state index in [9.17, 15) is 0 Å². The van der Waals surface area contributed by atoms with Crippen molar-refractivity contribution >= 4 is 5.96 Å². The summed E-state index contributed by atoms with van der Waals surface area (Å²) in [5, 5.41) is 7.87. The van der Waals surface area contributed by atoms with Crippen LogP contribution in [0.5, 0.6) is 0 Å². The molecule has 1 N–H and O–H groups in total. The summed E-state index contributed by atoms with van der Waals surface area (Å²) < 4.78 is 8.00. The van der Waals surface area contributed by atoms with Gasteiger partial charge in [-0.2, -0.15) is 5.10 Å². The first-order chi connectivity index (χ1) is 10.3. The second-order valence-electron chi connectivity index (χ2n) is 5.77. The van der Waals surface area contributed by atoms with Crippen LogP contribution in [-0.2, 0) is 11.3 Å². The van der Waals surface area contributed by atoms with E-state index in [1.165, 1.54) is 5.69 Å². The fourth-order valence-corrected chi connectivity index (χ4v) is 3.15. The van der Waals surface area contributed by atoms with Gasteiger partial charge in [-0.3, -0.25) is 9.67 Å². The first kappa shape index (κ1) is 14.4. The Morgan fingerprint density at radius 3 is 3.19 bits per heavy atom. The molecular formula is C15H25N5O. The van der Waals surface area contributed by atoms with Crippen molar-refractivity contribution < 1.29 is 4.74 Å². The molecule has 0 amide bonds. The highest BCUT2D eigenvalue weighted by atomic mass is 16.5. The van der Waals surface area contributed by atoms with Gasteiger partial charge in [0, 0.05) is 51.9 Å². The Morgan fingerprint density at radius 1 is 1.48 bits per heavy atom. The third kappa shape index (κ3) is 3.05. The maximum atomic E-state index is 5.96. The zero-order valence-electron chi connectivity index (χ0n) is 13.0. The Labute approximate surface area is 126 Å². The van der Waals surface area contributed by atoms with Crippen molar-refractivity contribution in [2.75, 3.05) is 33.3 Å². The summed E-state index contributed by atoms with van der Waals surface area (Å²) in [4.78, 5) is 6.77. The number of hydrogen-bond donors (Lipinski definition) is 1. The molecule has 3 rings (SSSR count). The molecule has 0 spiro atoms. The number of aliphatic imine (C=N–C) groups is 1. The van der Waals surface area contributed by atoms with E-state index in [0.717, 1.165) is 51.6 Å². The lowest BCUT2D eigenvalue weighted by atomic mass is 9.99. The molecule has 0 unspecified atom stereocenters. The van der Waals surface area contributed by atoms with E-state index < -0.39 is 0 Å². The highest BCUT2D eigenvalue weighted by Crippen LogP contribution is 2.33. The molecule has 3 heterocycles. The van der Waals surface area contributed by atoms with Crippen molar-refractivity contribution in [3.8, 4) is 0 Å². The number of rotatable bonds is 4. The summed E-state index contributed by atoms with van der Waals surface area (Å²) in [6, 6.07) is 2.08. The van der Waals surface area contributed by atoms with Gasteiger partial charge in [0.05, 0.1) is 5.69 Å². The molecule has 0 aromatic carbocycles. The molecule has 0 radical (unpaired) electrons. The summed E-state index contributed by atoms with van der Waals surface area (Å²) in [6.45, 7) is 6.75. The first-order valence-corrected chi connectivity index (χ1v) is 7.92. The van der Waals surface area contributed by atoms with Crippen molar-refractivity contribution in [3.63, 3.8) is 0 Å². The summed E-state index contributed by atoms with van der Waals surface area (Å²) in [5.74, 6) is 1.50. The van der Waals surface area contributed by atoms with Gasteiger partial charge in [0.25, 0.3) is 0 Å². The molecule has 0 aliphatic carbocycles. The maximum Gasteiger partial charge on any atom is 0.193 e. The standard InChI is InChI=1S/C15H25N5O/c1-3-20-13(5-8-18-20)14-12(6-10-21-14)11-17-15-16-7-4-9-19(15)2/h5,8,12,14H,3-4,6-7,9-11H2,1-2H3,(H,16,17)/t12-,14+/m0/s1. The van der Waals surface area contributed by atoms with Crippen molar-refractivity contribution in [2.45, 2.75) is 32.4 Å². The number of guanidine groups is 1. The molecule has 21 heavy (non-hydrogen) atoms. The van der Waals surface area contributed by atoms with Crippen LogP contribution in [0, 0.1) is 5.92 Å². The van der Waals surface area contributed by atoms with Crippen LogP contribution in [0.25, 0.3) is 0 Å². The van der Waals surface area contributed by atoms with Gasteiger partial charge in [-0.1, -0.05) is 0 Å². The summed E-state index contributed by atoms with van der Waals surface area (Å²) in [5.41, 5.74) is 1.20. The Bertz CT molecular complexity index is 498. The molecule has 6 nitrogen and oxygen atoms in total. The minimum Gasteiger partial charge on any atom is -0.372 e. The van der Waals surface area contributed by atoms with Crippen LogP contribution in [0.1, 0.15) is 31.6 Å². The number of nitrogens with zero attached hydrogens (tertiary/aromatic N) is 4. The van der Waals surface area contributed by atoms with Crippen LogP contribution in [0.3, 0.4) is 0 Å². The van der Waals surface area contributed by atoms with Gasteiger partial charge >= 0.3 is 0 Å². The van der Waals surface area contributed by atoms with Crippen LogP contribution in [0.4, 0.5) is 0 Å². The van der Waals surface area contributed by atoms with Crippen LogP contribution in [-0.4, -0.2) is 53.9 Å². The third-order valence-corrected chi connectivity index (χ3v) is 4.35. The molecule has 1 aromatic rings. The Morgan fingerprint density at radius 2 is 2.38 bits per heavy atom. The molecule has 116 valence electrons.